The van der Waals surface area contributed by atoms with Crippen molar-refractivity contribution in [1.82, 2.24) is 0 Å². The van der Waals surface area contributed by atoms with E-state index in [0.717, 1.165) is 23.4 Å². The first-order valence-corrected chi connectivity index (χ1v) is 5.03. The molecule has 2 nitrogen and oxygen atoms in total. The van der Waals surface area contributed by atoms with Crippen LogP contribution in [0.5, 0.6) is 0 Å². The molecule has 2 N–H and O–H groups in total. The van der Waals surface area contributed by atoms with Crippen molar-refractivity contribution < 1.29 is 4.74 Å². The van der Waals surface area contributed by atoms with Crippen LogP contribution in [-0.4, -0.2) is 6.61 Å². The van der Waals surface area contributed by atoms with Gasteiger partial charge in [0.05, 0.1) is 6.61 Å². The molecular formula is C12H19NO. The topological polar surface area (TPSA) is 35.2 Å². The Balaban J connectivity index is 2.54. The fourth-order valence-electron chi connectivity index (χ4n) is 1.27. The molecule has 0 saturated carbocycles. The van der Waals surface area contributed by atoms with Crippen molar-refractivity contribution in [3.05, 3.63) is 29.3 Å². The molecule has 0 atom stereocenters. The molecular weight excluding hydrogens is 174 g/mol. The lowest BCUT2D eigenvalue weighted by atomic mass is 10.1. The largest absolute Gasteiger partial charge is 0.398 e. The summed E-state index contributed by atoms with van der Waals surface area (Å²) >= 11 is 0. The Kier molecular flexibility index (Phi) is 3.96. The Labute approximate surface area is 86.1 Å². The first kappa shape index (κ1) is 11.1. The van der Waals surface area contributed by atoms with Gasteiger partial charge < -0.3 is 10.5 Å². The van der Waals surface area contributed by atoms with Gasteiger partial charge in [-0.1, -0.05) is 32.0 Å². The van der Waals surface area contributed by atoms with Crippen molar-refractivity contribution in [2.24, 2.45) is 5.92 Å². The fraction of sp³-hybridized carbons (Fsp3) is 0.500. The zero-order chi connectivity index (χ0) is 10.6. The number of nitrogens with two attached hydrogens (primary N) is 1. The van der Waals surface area contributed by atoms with Gasteiger partial charge in [0.1, 0.15) is 0 Å². The molecule has 0 radical (unpaired) electrons. The molecule has 0 aliphatic heterocycles. The molecule has 0 aliphatic carbocycles. The highest BCUT2D eigenvalue weighted by Crippen LogP contribution is 2.17. The second kappa shape index (κ2) is 5.01. The standard InChI is InChI=1S/C12H19NO/c1-9(2)7-14-8-11-6-4-5-10(3)12(11)13/h4-6,9H,7-8,13H2,1-3H3. The van der Waals surface area contributed by atoms with E-state index >= 15 is 0 Å². The lowest BCUT2D eigenvalue weighted by Gasteiger charge is -2.10. The van der Waals surface area contributed by atoms with Gasteiger partial charge in [0, 0.05) is 17.9 Å². The molecule has 0 fully saturated rings. The van der Waals surface area contributed by atoms with Gasteiger partial charge in [-0.25, -0.2) is 0 Å². The van der Waals surface area contributed by atoms with Crippen LogP contribution in [0.3, 0.4) is 0 Å². The zero-order valence-electron chi connectivity index (χ0n) is 9.21. The lowest BCUT2D eigenvalue weighted by Crippen LogP contribution is -2.04. The molecule has 0 amide bonds. The maximum atomic E-state index is 5.92. The molecule has 78 valence electrons. The minimum atomic E-state index is 0.570. The third-order valence-corrected chi connectivity index (χ3v) is 2.12. The van der Waals surface area contributed by atoms with E-state index < -0.39 is 0 Å². The van der Waals surface area contributed by atoms with Crippen molar-refractivity contribution in [2.45, 2.75) is 27.4 Å². The molecule has 0 heterocycles. The van der Waals surface area contributed by atoms with Crippen LogP contribution in [0.2, 0.25) is 0 Å². The van der Waals surface area contributed by atoms with E-state index in [1.165, 1.54) is 0 Å². The summed E-state index contributed by atoms with van der Waals surface area (Å²) in [5.41, 5.74) is 8.99. The Bertz CT molecular complexity index is 294. The molecule has 14 heavy (non-hydrogen) atoms. The molecule has 0 aliphatic rings. The molecule has 1 aromatic rings. The summed E-state index contributed by atoms with van der Waals surface area (Å²) in [7, 11) is 0. The van der Waals surface area contributed by atoms with E-state index in [-0.39, 0.29) is 0 Å². The molecule has 0 unspecified atom stereocenters. The van der Waals surface area contributed by atoms with Gasteiger partial charge in [-0.15, -0.1) is 0 Å². The molecule has 0 aromatic heterocycles. The van der Waals surface area contributed by atoms with Crippen LogP contribution in [-0.2, 0) is 11.3 Å². The zero-order valence-corrected chi connectivity index (χ0v) is 9.21. The average Bonchev–Trinajstić information content (AvgIpc) is 2.12. The van der Waals surface area contributed by atoms with Gasteiger partial charge in [-0.2, -0.15) is 0 Å². The quantitative estimate of drug-likeness (QED) is 0.746. The first-order valence-electron chi connectivity index (χ1n) is 5.03. The van der Waals surface area contributed by atoms with Crippen LogP contribution in [0.4, 0.5) is 5.69 Å². The van der Waals surface area contributed by atoms with Gasteiger partial charge in [0.15, 0.2) is 0 Å². The third-order valence-electron chi connectivity index (χ3n) is 2.12. The molecule has 1 aromatic carbocycles. The summed E-state index contributed by atoms with van der Waals surface area (Å²) in [6, 6.07) is 6.05. The number of hydrogen-bond donors (Lipinski definition) is 1. The monoisotopic (exact) mass is 193 g/mol. The maximum absolute atomic E-state index is 5.92. The summed E-state index contributed by atoms with van der Waals surface area (Å²) in [5.74, 6) is 0.570. The number of hydrogen-bond acceptors (Lipinski definition) is 2. The highest BCUT2D eigenvalue weighted by Gasteiger charge is 2.01. The average molecular weight is 193 g/mol. The molecule has 1 rings (SSSR count). The van der Waals surface area contributed by atoms with Gasteiger partial charge in [0.25, 0.3) is 0 Å². The van der Waals surface area contributed by atoms with E-state index in [4.69, 9.17) is 10.5 Å². The van der Waals surface area contributed by atoms with Crippen LogP contribution in [0.15, 0.2) is 18.2 Å². The highest BCUT2D eigenvalue weighted by molar-refractivity contribution is 5.52. The number of para-hydroxylation sites is 1. The van der Waals surface area contributed by atoms with Crippen LogP contribution in [0.25, 0.3) is 0 Å². The summed E-state index contributed by atoms with van der Waals surface area (Å²) in [6.07, 6.45) is 0. The molecule has 0 spiro atoms. The minimum Gasteiger partial charge on any atom is -0.398 e. The Morgan fingerprint density at radius 2 is 2.07 bits per heavy atom. The second-order valence-electron chi connectivity index (χ2n) is 4.06. The van der Waals surface area contributed by atoms with Crippen molar-refractivity contribution in [3.63, 3.8) is 0 Å². The van der Waals surface area contributed by atoms with Gasteiger partial charge in [-0.3, -0.25) is 0 Å². The molecule has 2 heteroatoms. The van der Waals surface area contributed by atoms with Crippen molar-refractivity contribution in [3.8, 4) is 0 Å². The third kappa shape index (κ3) is 3.04. The van der Waals surface area contributed by atoms with Gasteiger partial charge >= 0.3 is 0 Å². The van der Waals surface area contributed by atoms with Crippen LogP contribution in [0.1, 0.15) is 25.0 Å². The van der Waals surface area contributed by atoms with Crippen LogP contribution < -0.4 is 5.73 Å². The highest BCUT2D eigenvalue weighted by atomic mass is 16.5. The van der Waals surface area contributed by atoms with Crippen molar-refractivity contribution in [1.29, 1.82) is 0 Å². The summed E-state index contributed by atoms with van der Waals surface area (Å²) in [4.78, 5) is 0. The number of aryl methyl sites for hydroxylation is 1. The van der Waals surface area contributed by atoms with Crippen molar-refractivity contribution in [2.75, 3.05) is 12.3 Å². The van der Waals surface area contributed by atoms with E-state index in [9.17, 15) is 0 Å². The SMILES string of the molecule is Cc1cccc(COCC(C)C)c1N. The van der Waals surface area contributed by atoms with Gasteiger partial charge in [0.2, 0.25) is 0 Å². The normalized spacial score (nSPS) is 10.9. The van der Waals surface area contributed by atoms with E-state index in [1.807, 2.05) is 25.1 Å². The summed E-state index contributed by atoms with van der Waals surface area (Å²) < 4.78 is 5.54. The summed E-state index contributed by atoms with van der Waals surface area (Å²) in [6.45, 7) is 7.69. The van der Waals surface area contributed by atoms with E-state index in [2.05, 4.69) is 13.8 Å². The Morgan fingerprint density at radius 1 is 1.36 bits per heavy atom. The Hall–Kier alpha value is -1.02. The van der Waals surface area contributed by atoms with E-state index in [0.29, 0.717) is 12.5 Å². The van der Waals surface area contributed by atoms with Gasteiger partial charge in [-0.05, 0) is 18.4 Å². The van der Waals surface area contributed by atoms with Crippen LogP contribution >= 0.6 is 0 Å². The number of rotatable bonds is 4. The predicted octanol–water partition coefficient (Wildman–Crippen LogP) is 2.75. The van der Waals surface area contributed by atoms with Crippen LogP contribution in [0, 0.1) is 12.8 Å². The smallest absolute Gasteiger partial charge is 0.0737 e. The predicted molar refractivity (Wildman–Crippen MR) is 60.1 cm³/mol. The summed E-state index contributed by atoms with van der Waals surface area (Å²) in [5, 5.41) is 0. The maximum Gasteiger partial charge on any atom is 0.0737 e. The lowest BCUT2D eigenvalue weighted by molar-refractivity contribution is 0.0974. The van der Waals surface area contributed by atoms with E-state index in [1.54, 1.807) is 0 Å². The second-order valence-corrected chi connectivity index (χ2v) is 4.06. The minimum absolute atomic E-state index is 0.570. The first-order chi connectivity index (χ1) is 6.61. The molecule has 0 bridgehead atoms. The number of benzene rings is 1. The Morgan fingerprint density at radius 3 is 2.71 bits per heavy atom. The number of anilines is 1. The number of ether oxygens (including phenoxy) is 1. The van der Waals surface area contributed by atoms with Crippen molar-refractivity contribution >= 4 is 5.69 Å². The molecule has 0 saturated heterocycles. The number of nitrogen functional groups attached to an aromatic ring is 1. The fourth-order valence-corrected chi connectivity index (χ4v) is 1.27.